The minimum Gasteiger partial charge on any atom is -0.422 e. The Morgan fingerprint density at radius 1 is 0.588 bits per heavy atom. The van der Waals surface area contributed by atoms with Gasteiger partial charge in [0.15, 0.2) is 11.5 Å². The first-order valence-corrected chi connectivity index (χ1v) is 10.7. The highest BCUT2D eigenvalue weighted by Crippen LogP contribution is 2.36. The highest BCUT2D eigenvalue weighted by Gasteiger charge is 2.20. The van der Waals surface area contributed by atoms with Crippen molar-refractivity contribution in [2.45, 2.75) is 39.5 Å². The minimum absolute atomic E-state index is 0.0752. The molecule has 0 unspecified atom stereocenters. The lowest BCUT2D eigenvalue weighted by Gasteiger charge is -2.16. The van der Waals surface area contributed by atoms with Gasteiger partial charge in [-0.25, -0.2) is 20.1 Å². The normalized spacial score (nSPS) is 10.8. The Bertz CT molecular complexity index is 1070. The maximum absolute atomic E-state index is 12.7. The van der Waals surface area contributed by atoms with Crippen LogP contribution in [0.3, 0.4) is 0 Å². The molecule has 0 amide bonds. The lowest BCUT2D eigenvalue weighted by Crippen LogP contribution is -2.13. The molecule has 0 aromatic heterocycles. The Hall–Kier alpha value is -3.88. The highest BCUT2D eigenvalue weighted by molar-refractivity contribution is 5.95. The molecule has 3 aromatic rings. The van der Waals surface area contributed by atoms with Crippen molar-refractivity contribution in [2.24, 2.45) is 0 Å². The second-order valence-electron chi connectivity index (χ2n) is 8.18. The van der Waals surface area contributed by atoms with Crippen molar-refractivity contribution in [1.29, 1.82) is 0 Å². The molecule has 0 fully saturated rings. The Labute approximate surface area is 197 Å². The van der Waals surface area contributed by atoms with E-state index in [-0.39, 0.29) is 46.0 Å². The molecule has 0 radical (unpaired) electrons. The maximum Gasteiger partial charge on any atom is 0.343 e. The van der Waals surface area contributed by atoms with Crippen LogP contribution in [0.4, 0.5) is 0 Å². The second kappa shape index (κ2) is 10.8. The van der Waals surface area contributed by atoms with Crippen molar-refractivity contribution in [3.05, 3.63) is 82.9 Å². The fourth-order valence-corrected chi connectivity index (χ4v) is 3.58. The van der Waals surface area contributed by atoms with E-state index in [1.807, 2.05) is 27.7 Å². The Morgan fingerprint density at radius 2 is 0.912 bits per heavy atom. The predicted molar refractivity (Wildman–Crippen MR) is 124 cm³/mol. The summed E-state index contributed by atoms with van der Waals surface area (Å²) in [5.41, 5.74) is 1.54. The fraction of sp³-hybridized carbons (Fsp3) is 0.231. The van der Waals surface area contributed by atoms with Crippen LogP contribution in [0, 0.1) is 0 Å². The van der Waals surface area contributed by atoms with Crippen LogP contribution in [0.25, 0.3) is 0 Å². The number of benzene rings is 3. The third kappa shape index (κ3) is 5.36. The molecule has 0 aliphatic heterocycles. The fourth-order valence-electron chi connectivity index (χ4n) is 3.58. The molecule has 0 saturated heterocycles. The van der Waals surface area contributed by atoms with Crippen molar-refractivity contribution in [2.75, 3.05) is 0 Å². The van der Waals surface area contributed by atoms with Gasteiger partial charge < -0.3 is 19.2 Å². The highest BCUT2D eigenvalue weighted by atomic mass is 17.1. The third-order valence-corrected chi connectivity index (χ3v) is 5.17. The lowest BCUT2D eigenvalue weighted by atomic mass is 10.0. The van der Waals surface area contributed by atoms with Gasteiger partial charge >= 0.3 is 11.9 Å². The number of hydrogen-bond donors (Lipinski definition) is 2. The summed E-state index contributed by atoms with van der Waals surface area (Å²) in [5, 5.41) is 18.2. The summed E-state index contributed by atoms with van der Waals surface area (Å²) in [6.45, 7) is 7.51. The zero-order valence-electron chi connectivity index (χ0n) is 19.3. The van der Waals surface area contributed by atoms with Gasteiger partial charge in [-0.15, -0.1) is 0 Å². The van der Waals surface area contributed by atoms with E-state index >= 15 is 0 Å². The Balaban J connectivity index is 1.78. The van der Waals surface area contributed by atoms with Crippen LogP contribution in [0.15, 0.2) is 60.7 Å². The summed E-state index contributed by atoms with van der Waals surface area (Å²) < 4.78 is 11.0. The molecule has 3 aromatic carbocycles. The van der Waals surface area contributed by atoms with Crippen LogP contribution < -0.4 is 19.2 Å². The smallest absolute Gasteiger partial charge is 0.343 e. The van der Waals surface area contributed by atoms with E-state index in [1.54, 1.807) is 36.4 Å². The molecule has 8 heteroatoms. The molecule has 0 atom stereocenters. The third-order valence-electron chi connectivity index (χ3n) is 5.17. The summed E-state index contributed by atoms with van der Waals surface area (Å²) >= 11 is 0. The zero-order chi connectivity index (χ0) is 24.8. The Kier molecular flexibility index (Phi) is 7.88. The van der Waals surface area contributed by atoms with Crippen LogP contribution in [-0.2, 0) is 0 Å². The molecule has 178 valence electrons. The molecule has 0 bridgehead atoms. The van der Waals surface area contributed by atoms with Crippen LogP contribution in [-0.4, -0.2) is 22.5 Å². The van der Waals surface area contributed by atoms with E-state index in [0.717, 1.165) is 0 Å². The molecular weight excluding hydrogens is 440 g/mol. The van der Waals surface area contributed by atoms with E-state index in [9.17, 15) is 9.59 Å². The molecule has 34 heavy (non-hydrogen) atoms. The summed E-state index contributed by atoms with van der Waals surface area (Å²) in [4.78, 5) is 34.1. The van der Waals surface area contributed by atoms with Gasteiger partial charge in [0.05, 0.1) is 11.1 Å². The predicted octanol–water partition coefficient (Wildman–Crippen LogP) is 6.08. The summed E-state index contributed by atoms with van der Waals surface area (Å²) in [6.07, 6.45) is 0. The van der Waals surface area contributed by atoms with Gasteiger partial charge in [-0.2, -0.15) is 0 Å². The standard InChI is InChI=1S/C26H26O8/c1-15(2)23-19(7-5-9-21(23)33-29)31-25(27)17-11-13-18(14-12-17)26(28)32-20-8-6-10-22(34-30)24(20)16(3)4/h5-16,29-30H,1-4H3. The van der Waals surface area contributed by atoms with E-state index in [4.69, 9.17) is 20.0 Å². The van der Waals surface area contributed by atoms with Crippen LogP contribution in [0.2, 0.25) is 0 Å². The van der Waals surface area contributed by atoms with Crippen molar-refractivity contribution in [3.8, 4) is 23.0 Å². The molecule has 3 rings (SSSR count). The number of ether oxygens (including phenoxy) is 2. The van der Waals surface area contributed by atoms with E-state index in [2.05, 4.69) is 9.78 Å². The van der Waals surface area contributed by atoms with Gasteiger partial charge in [0.2, 0.25) is 0 Å². The van der Waals surface area contributed by atoms with Crippen molar-refractivity contribution < 1.29 is 39.4 Å². The number of carbonyl (C=O) groups excluding carboxylic acids is 2. The van der Waals surface area contributed by atoms with Crippen molar-refractivity contribution in [3.63, 3.8) is 0 Å². The molecule has 0 saturated carbocycles. The van der Waals surface area contributed by atoms with Gasteiger partial charge in [-0.05, 0) is 60.4 Å². The van der Waals surface area contributed by atoms with Crippen LogP contribution >= 0.6 is 0 Å². The van der Waals surface area contributed by atoms with Gasteiger partial charge in [0.25, 0.3) is 0 Å². The maximum atomic E-state index is 12.7. The molecule has 0 aliphatic carbocycles. The second-order valence-corrected chi connectivity index (χ2v) is 8.18. The van der Waals surface area contributed by atoms with E-state index in [1.165, 1.54) is 24.3 Å². The number of esters is 2. The first-order chi connectivity index (χ1) is 16.3. The number of hydrogen-bond acceptors (Lipinski definition) is 8. The first kappa shape index (κ1) is 24.8. The average molecular weight is 466 g/mol. The average Bonchev–Trinajstić information content (AvgIpc) is 2.83. The lowest BCUT2D eigenvalue weighted by molar-refractivity contribution is -0.138. The summed E-state index contributed by atoms with van der Waals surface area (Å²) in [5.74, 6) is -0.477. The molecule has 0 spiro atoms. The van der Waals surface area contributed by atoms with Crippen molar-refractivity contribution >= 4 is 11.9 Å². The van der Waals surface area contributed by atoms with Gasteiger partial charge in [0.1, 0.15) is 11.5 Å². The molecule has 0 heterocycles. The van der Waals surface area contributed by atoms with E-state index < -0.39 is 11.9 Å². The van der Waals surface area contributed by atoms with Crippen LogP contribution in [0.5, 0.6) is 23.0 Å². The van der Waals surface area contributed by atoms with Gasteiger partial charge in [0, 0.05) is 11.1 Å². The van der Waals surface area contributed by atoms with Crippen LogP contribution in [0.1, 0.15) is 71.4 Å². The van der Waals surface area contributed by atoms with Crippen molar-refractivity contribution in [1.82, 2.24) is 0 Å². The zero-order valence-corrected chi connectivity index (χ0v) is 19.3. The summed E-state index contributed by atoms with van der Waals surface area (Å²) in [6, 6.07) is 15.4. The topological polar surface area (TPSA) is 112 Å². The SMILES string of the molecule is CC(C)c1c(OO)cccc1OC(=O)c1ccc(C(=O)Oc2cccc(OO)c2C(C)C)cc1. The molecule has 8 nitrogen and oxygen atoms in total. The molecule has 0 aliphatic rings. The quantitative estimate of drug-likeness (QED) is 0.178. The number of rotatable bonds is 8. The number of carbonyl (C=O) groups is 2. The largest absolute Gasteiger partial charge is 0.422 e. The monoisotopic (exact) mass is 466 g/mol. The van der Waals surface area contributed by atoms with E-state index in [0.29, 0.717) is 11.1 Å². The van der Waals surface area contributed by atoms with Gasteiger partial charge in [-0.3, -0.25) is 0 Å². The molecular formula is C26H26O8. The summed E-state index contributed by atoms with van der Waals surface area (Å²) in [7, 11) is 0. The minimum atomic E-state index is -0.633. The first-order valence-electron chi connectivity index (χ1n) is 10.7. The Morgan fingerprint density at radius 3 is 1.21 bits per heavy atom. The molecule has 2 N–H and O–H groups in total. The van der Waals surface area contributed by atoms with Gasteiger partial charge in [-0.1, -0.05) is 39.8 Å².